The van der Waals surface area contributed by atoms with Crippen molar-refractivity contribution in [2.24, 2.45) is 5.73 Å². The molecule has 0 bridgehead atoms. The van der Waals surface area contributed by atoms with Crippen LogP contribution in [0.25, 0.3) is 0 Å². The summed E-state index contributed by atoms with van der Waals surface area (Å²) in [6.45, 7) is 6.55. The highest BCUT2D eigenvalue weighted by Crippen LogP contribution is 2.24. The number of nitrogens with one attached hydrogen (secondary N) is 2. The molecule has 7 heteroatoms. The van der Waals surface area contributed by atoms with Gasteiger partial charge in [-0.15, -0.1) is 0 Å². The average Bonchev–Trinajstić information content (AvgIpc) is 2.28. The number of hydrogen-bond donors (Lipinski definition) is 3. The van der Waals surface area contributed by atoms with Gasteiger partial charge in [0.2, 0.25) is 11.9 Å². The maximum Gasteiger partial charge on any atom is 0.224 e. The number of nitrogens with zero attached hydrogens (tertiary/aromatic N) is 2. The number of aromatic nitrogens is 2. The van der Waals surface area contributed by atoms with Crippen molar-refractivity contribution in [3.8, 4) is 0 Å². The SMILES string of the molecule is CCCNc1ncc(Cl)c(NC(C)(C)CC(N)=O)n1. The van der Waals surface area contributed by atoms with Gasteiger partial charge in [0.05, 0.1) is 6.20 Å². The van der Waals surface area contributed by atoms with E-state index in [1.807, 2.05) is 13.8 Å². The van der Waals surface area contributed by atoms with Crippen molar-refractivity contribution in [2.75, 3.05) is 17.2 Å². The minimum atomic E-state index is -0.522. The topological polar surface area (TPSA) is 92.9 Å². The van der Waals surface area contributed by atoms with Gasteiger partial charge < -0.3 is 16.4 Å². The largest absolute Gasteiger partial charge is 0.370 e. The number of anilines is 2. The Bertz CT molecular complexity index is 450. The van der Waals surface area contributed by atoms with Crippen LogP contribution in [-0.4, -0.2) is 28.0 Å². The van der Waals surface area contributed by atoms with Crippen LogP contribution in [0.2, 0.25) is 5.02 Å². The minimum Gasteiger partial charge on any atom is -0.370 e. The zero-order chi connectivity index (χ0) is 14.5. The molecule has 6 nitrogen and oxygen atoms in total. The Labute approximate surface area is 118 Å². The van der Waals surface area contributed by atoms with Crippen molar-refractivity contribution in [2.45, 2.75) is 39.2 Å². The highest BCUT2D eigenvalue weighted by atomic mass is 35.5. The molecule has 0 saturated carbocycles. The first kappa shape index (κ1) is 15.5. The molecule has 0 fully saturated rings. The first-order valence-corrected chi connectivity index (χ1v) is 6.55. The predicted octanol–water partition coefficient (Wildman–Crippen LogP) is 2.02. The van der Waals surface area contributed by atoms with Crippen molar-refractivity contribution in [1.82, 2.24) is 9.97 Å². The van der Waals surface area contributed by atoms with Gasteiger partial charge in [-0.2, -0.15) is 4.98 Å². The first-order valence-electron chi connectivity index (χ1n) is 6.17. The molecular formula is C12H20ClN5O. The molecule has 1 aromatic rings. The highest BCUT2D eigenvalue weighted by Gasteiger charge is 2.22. The summed E-state index contributed by atoms with van der Waals surface area (Å²) in [6.07, 6.45) is 2.68. The Morgan fingerprint density at radius 1 is 1.53 bits per heavy atom. The van der Waals surface area contributed by atoms with Gasteiger partial charge in [0.15, 0.2) is 5.82 Å². The maximum atomic E-state index is 11.0. The summed E-state index contributed by atoms with van der Waals surface area (Å²) in [5, 5.41) is 6.59. The molecule has 0 aliphatic carbocycles. The number of carbonyl (C=O) groups excluding carboxylic acids is 1. The number of carbonyl (C=O) groups is 1. The van der Waals surface area contributed by atoms with Gasteiger partial charge in [-0.25, -0.2) is 4.98 Å². The molecule has 0 aliphatic heterocycles. The molecule has 0 radical (unpaired) electrons. The maximum absolute atomic E-state index is 11.0. The van der Waals surface area contributed by atoms with E-state index in [1.54, 1.807) is 0 Å². The molecule has 0 spiro atoms. The summed E-state index contributed by atoms with van der Waals surface area (Å²) < 4.78 is 0. The quantitative estimate of drug-likeness (QED) is 0.713. The third-order valence-corrected chi connectivity index (χ3v) is 2.63. The number of nitrogens with two attached hydrogens (primary N) is 1. The van der Waals surface area contributed by atoms with Crippen LogP contribution in [0, 0.1) is 0 Å². The van der Waals surface area contributed by atoms with E-state index in [9.17, 15) is 4.79 Å². The molecule has 1 aromatic heterocycles. The van der Waals surface area contributed by atoms with Gasteiger partial charge in [0.25, 0.3) is 0 Å². The van der Waals surface area contributed by atoms with E-state index < -0.39 is 5.54 Å². The van der Waals surface area contributed by atoms with E-state index in [0.717, 1.165) is 13.0 Å². The normalized spacial score (nSPS) is 11.2. The molecule has 0 aliphatic rings. The molecule has 106 valence electrons. The summed E-state index contributed by atoms with van der Waals surface area (Å²) >= 11 is 6.04. The third-order valence-electron chi connectivity index (χ3n) is 2.35. The first-order chi connectivity index (χ1) is 8.84. The summed E-state index contributed by atoms with van der Waals surface area (Å²) in [5.74, 6) is 0.608. The fourth-order valence-corrected chi connectivity index (χ4v) is 1.72. The molecule has 0 aromatic carbocycles. The van der Waals surface area contributed by atoms with Gasteiger partial charge in [0, 0.05) is 18.5 Å². The Kier molecular flexibility index (Phi) is 5.35. The number of hydrogen-bond acceptors (Lipinski definition) is 5. The minimum absolute atomic E-state index is 0.186. The van der Waals surface area contributed by atoms with Crippen molar-refractivity contribution in [3.63, 3.8) is 0 Å². The molecule has 0 unspecified atom stereocenters. The van der Waals surface area contributed by atoms with Crippen molar-refractivity contribution < 1.29 is 4.79 Å². The fourth-order valence-electron chi connectivity index (χ4n) is 1.58. The molecule has 1 rings (SSSR count). The fraction of sp³-hybridized carbons (Fsp3) is 0.583. The van der Waals surface area contributed by atoms with E-state index in [-0.39, 0.29) is 12.3 Å². The molecule has 1 amide bonds. The van der Waals surface area contributed by atoms with Crippen LogP contribution in [0.1, 0.15) is 33.6 Å². The Balaban J connectivity index is 2.84. The molecule has 0 atom stereocenters. The van der Waals surface area contributed by atoms with Gasteiger partial charge in [0.1, 0.15) is 5.02 Å². The molecule has 0 saturated heterocycles. The van der Waals surface area contributed by atoms with E-state index in [2.05, 4.69) is 27.5 Å². The lowest BCUT2D eigenvalue weighted by molar-refractivity contribution is -0.118. The average molecular weight is 286 g/mol. The molecule has 4 N–H and O–H groups in total. The van der Waals surface area contributed by atoms with E-state index in [0.29, 0.717) is 16.8 Å². The van der Waals surface area contributed by atoms with Crippen LogP contribution in [0.3, 0.4) is 0 Å². The van der Waals surface area contributed by atoms with Crippen LogP contribution in [0.15, 0.2) is 6.20 Å². The van der Waals surface area contributed by atoms with Gasteiger partial charge in [-0.3, -0.25) is 4.79 Å². The molecular weight excluding hydrogens is 266 g/mol. The smallest absolute Gasteiger partial charge is 0.224 e. The second-order valence-corrected chi connectivity index (χ2v) is 5.38. The lowest BCUT2D eigenvalue weighted by Gasteiger charge is -2.26. The van der Waals surface area contributed by atoms with E-state index in [4.69, 9.17) is 17.3 Å². The van der Waals surface area contributed by atoms with Crippen molar-refractivity contribution in [3.05, 3.63) is 11.2 Å². The standard InChI is InChI=1S/C12H20ClN5O/c1-4-5-15-11-16-7-8(13)10(17-11)18-12(2,3)6-9(14)19/h7H,4-6H2,1-3H3,(H2,14,19)(H2,15,16,17,18). The summed E-state index contributed by atoms with van der Waals surface area (Å²) in [5.41, 5.74) is 4.69. The van der Waals surface area contributed by atoms with Crippen LogP contribution in [0.4, 0.5) is 11.8 Å². The number of rotatable bonds is 7. The Morgan fingerprint density at radius 2 is 2.21 bits per heavy atom. The number of amides is 1. The van der Waals surface area contributed by atoms with Crippen molar-refractivity contribution in [1.29, 1.82) is 0 Å². The zero-order valence-corrected chi connectivity index (χ0v) is 12.2. The summed E-state index contributed by atoms with van der Waals surface area (Å²) in [4.78, 5) is 19.4. The van der Waals surface area contributed by atoms with Crippen LogP contribution in [0.5, 0.6) is 0 Å². The van der Waals surface area contributed by atoms with E-state index in [1.165, 1.54) is 6.20 Å². The lowest BCUT2D eigenvalue weighted by Crippen LogP contribution is -2.36. The third kappa shape index (κ3) is 5.30. The second-order valence-electron chi connectivity index (χ2n) is 4.97. The van der Waals surface area contributed by atoms with Crippen LogP contribution in [-0.2, 0) is 4.79 Å². The Hall–Kier alpha value is -1.56. The number of primary amides is 1. The molecule has 1 heterocycles. The number of halogens is 1. The summed E-state index contributed by atoms with van der Waals surface area (Å²) in [7, 11) is 0. The lowest BCUT2D eigenvalue weighted by atomic mass is 10.0. The van der Waals surface area contributed by atoms with Gasteiger partial charge in [-0.1, -0.05) is 18.5 Å². The monoisotopic (exact) mass is 285 g/mol. The second kappa shape index (κ2) is 6.56. The summed E-state index contributed by atoms with van der Waals surface area (Å²) in [6, 6.07) is 0. The zero-order valence-electron chi connectivity index (χ0n) is 11.5. The van der Waals surface area contributed by atoms with E-state index >= 15 is 0 Å². The van der Waals surface area contributed by atoms with Crippen LogP contribution >= 0.6 is 11.6 Å². The van der Waals surface area contributed by atoms with Crippen LogP contribution < -0.4 is 16.4 Å². The Morgan fingerprint density at radius 3 is 2.79 bits per heavy atom. The van der Waals surface area contributed by atoms with Gasteiger partial charge >= 0.3 is 0 Å². The predicted molar refractivity (Wildman–Crippen MR) is 77.3 cm³/mol. The van der Waals surface area contributed by atoms with Crippen molar-refractivity contribution >= 4 is 29.3 Å². The highest BCUT2D eigenvalue weighted by molar-refractivity contribution is 6.32. The molecule has 19 heavy (non-hydrogen) atoms. The van der Waals surface area contributed by atoms with Gasteiger partial charge in [-0.05, 0) is 20.3 Å².